The molecule has 0 fully saturated rings. The number of thiophene rings is 1. The highest BCUT2D eigenvalue weighted by atomic mass is 32.1. The van der Waals surface area contributed by atoms with Gasteiger partial charge < -0.3 is 4.74 Å². The predicted molar refractivity (Wildman–Crippen MR) is 81.5 cm³/mol. The molecular weight excluding hydrogens is 288 g/mol. The highest BCUT2D eigenvalue weighted by Gasteiger charge is 2.09. The molecule has 0 bridgehead atoms. The van der Waals surface area contributed by atoms with Crippen LogP contribution < -0.4 is 15.6 Å². The molecule has 0 aliphatic rings. The van der Waals surface area contributed by atoms with Gasteiger partial charge in [-0.3, -0.25) is 20.4 Å². The van der Waals surface area contributed by atoms with Gasteiger partial charge in [-0.15, -0.1) is 11.3 Å². The maximum Gasteiger partial charge on any atom is 0.279 e. The average Bonchev–Trinajstić information content (AvgIpc) is 3.05. The summed E-state index contributed by atoms with van der Waals surface area (Å²) in [6, 6.07) is 10.2. The molecule has 0 saturated carbocycles. The molecule has 2 aromatic rings. The zero-order valence-corrected chi connectivity index (χ0v) is 12.4. The molecule has 0 unspecified atom stereocenters. The standard InChI is InChI=1S/C15H16N2O3S/c1-2-9-20-12-7-5-11(6-8-12)14(18)16-17-15(19)13-4-3-10-21-13/h3-8,10H,2,9H2,1H3,(H,16,18)(H,17,19). The third-order valence-corrected chi connectivity index (χ3v) is 3.49. The number of hydrogen-bond acceptors (Lipinski definition) is 4. The van der Waals surface area contributed by atoms with Gasteiger partial charge in [-0.1, -0.05) is 13.0 Å². The first-order valence-electron chi connectivity index (χ1n) is 6.57. The molecular formula is C15H16N2O3S. The summed E-state index contributed by atoms with van der Waals surface area (Å²) in [5, 5.41) is 1.80. The van der Waals surface area contributed by atoms with E-state index in [1.165, 1.54) is 11.3 Å². The van der Waals surface area contributed by atoms with E-state index in [1.54, 1.807) is 41.8 Å². The third-order valence-electron chi connectivity index (χ3n) is 2.62. The Balaban J connectivity index is 1.87. The number of nitrogens with one attached hydrogen (secondary N) is 2. The van der Waals surface area contributed by atoms with Crippen molar-refractivity contribution >= 4 is 23.2 Å². The van der Waals surface area contributed by atoms with Crippen LogP contribution in [0.2, 0.25) is 0 Å². The lowest BCUT2D eigenvalue weighted by atomic mass is 10.2. The van der Waals surface area contributed by atoms with Crippen molar-refractivity contribution in [1.82, 2.24) is 10.9 Å². The zero-order chi connectivity index (χ0) is 15.1. The molecule has 0 spiro atoms. The molecule has 110 valence electrons. The van der Waals surface area contributed by atoms with Crippen LogP contribution in [0.1, 0.15) is 33.4 Å². The number of hydrazine groups is 1. The number of carbonyl (C=O) groups is 2. The topological polar surface area (TPSA) is 67.4 Å². The van der Waals surface area contributed by atoms with E-state index in [-0.39, 0.29) is 11.8 Å². The Labute approximate surface area is 126 Å². The first-order valence-corrected chi connectivity index (χ1v) is 7.45. The van der Waals surface area contributed by atoms with Crippen LogP contribution in [0.25, 0.3) is 0 Å². The van der Waals surface area contributed by atoms with E-state index in [9.17, 15) is 9.59 Å². The van der Waals surface area contributed by atoms with Crippen LogP contribution >= 0.6 is 11.3 Å². The first-order chi connectivity index (χ1) is 10.2. The first kappa shape index (κ1) is 15.1. The molecule has 0 aliphatic carbocycles. The van der Waals surface area contributed by atoms with Crippen molar-refractivity contribution in [1.29, 1.82) is 0 Å². The lowest BCUT2D eigenvalue weighted by Crippen LogP contribution is -2.41. The number of ether oxygens (including phenoxy) is 1. The van der Waals surface area contributed by atoms with Gasteiger partial charge >= 0.3 is 0 Å². The van der Waals surface area contributed by atoms with E-state index in [1.807, 2.05) is 6.92 Å². The quantitative estimate of drug-likeness (QED) is 0.834. The third kappa shape index (κ3) is 4.32. The minimum absolute atomic E-state index is 0.332. The van der Waals surface area contributed by atoms with Gasteiger partial charge in [0.1, 0.15) is 5.75 Å². The molecule has 2 N–H and O–H groups in total. The Hall–Kier alpha value is -2.34. The van der Waals surface area contributed by atoms with Crippen LogP contribution in [0.15, 0.2) is 41.8 Å². The maximum absolute atomic E-state index is 11.9. The second-order valence-electron chi connectivity index (χ2n) is 4.26. The number of hydrogen-bond donors (Lipinski definition) is 2. The van der Waals surface area contributed by atoms with E-state index in [4.69, 9.17) is 4.74 Å². The van der Waals surface area contributed by atoms with Gasteiger partial charge in [-0.05, 0) is 42.1 Å². The smallest absolute Gasteiger partial charge is 0.279 e. The van der Waals surface area contributed by atoms with Crippen molar-refractivity contribution < 1.29 is 14.3 Å². The lowest BCUT2D eigenvalue weighted by Gasteiger charge is -2.08. The predicted octanol–water partition coefficient (Wildman–Crippen LogP) is 2.61. The van der Waals surface area contributed by atoms with Crippen LogP contribution in [-0.2, 0) is 0 Å². The molecule has 1 aromatic heterocycles. The fraction of sp³-hybridized carbons (Fsp3) is 0.200. The Kier molecular flexibility index (Phi) is 5.34. The second kappa shape index (κ2) is 7.44. The van der Waals surface area contributed by atoms with Gasteiger partial charge in [0.2, 0.25) is 0 Å². The maximum atomic E-state index is 11.9. The molecule has 2 amide bonds. The Morgan fingerprint density at radius 3 is 2.43 bits per heavy atom. The summed E-state index contributed by atoms with van der Waals surface area (Å²) in [5.41, 5.74) is 5.20. The zero-order valence-electron chi connectivity index (χ0n) is 11.6. The Bertz CT molecular complexity index is 594. The summed E-state index contributed by atoms with van der Waals surface area (Å²) in [5.74, 6) is 0.0132. The van der Waals surface area contributed by atoms with E-state index in [0.29, 0.717) is 17.0 Å². The summed E-state index contributed by atoms with van der Waals surface area (Å²) >= 11 is 1.31. The van der Waals surface area contributed by atoms with Crippen molar-refractivity contribution in [2.45, 2.75) is 13.3 Å². The van der Waals surface area contributed by atoms with E-state index >= 15 is 0 Å². The van der Waals surface area contributed by atoms with Crippen molar-refractivity contribution in [2.75, 3.05) is 6.61 Å². The molecule has 0 aliphatic heterocycles. The lowest BCUT2D eigenvalue weighted by molar-refractivity contribution is 0.0849. The van der Waals surface area contributed by atoms with Crippen LogP contribution in [-0.4, -0.2) is 18.4 Å². The number of carbonyl (C=O) groups excluding carboxylic acids is 2. The molecule has 5 nitrogen and oxygen atoms in total. The highest BCUT2D eigenvalue weighted by molar-refractivity contribution is 7.12. The van der Waals surface area contributed by atoms with E-state index in [0.717, 1.165) is 12.2 Å². The largest absolute Gasteiger partial charge is 0.494 e. The fourth-order valence-corrected chi connectivity index (χ4v) is 2.20. The Morgan fingerprint density at radius 2 is 1.81 bits per heavy atom. The summed E-state index contributed by atoms with van der Waals surface area (Å²) in [4.78, 5) is 24.1. The second-order valence-corrected chi connectivity index (χ2v) is 5.21. The molecule has 0 saturated heterocycles. The van der Waals surface area contributed by atoms with Gasteiger partial charge in [-0.2, -0.15) is 0 Å². The highest BCUT2D eigenvalue weighted by Crippen LogP contribution is 2.12. The van der Waals surface area contributed by atoms with Crippen molar-refractivity contribution in [2.24, 2.45) is 0 Å². The van der Waals surface area contributed by atoms with Gasteiger partial charge in [-0.25, -0.2) is 0 Å². The molecule has 21 heavy (non-hydrogen) atoms. The van der Waals surface area contributed by atoms with Gasteiger partial charge in [0, 0.05) is 5.56 Å². The molecule has 0 atom stereocenters. The van der Waals surface area contributed by atoms with Crippen LogP contribution in [0.5, 0.6) is 5.75 Å². The van der Waals surface area contributed by atoms with Gasteiger partial charge in [0.25, 0.3) is 11.8 Å². The molecule has 1 heterocycles. The SMILES string of the molecule is CCCOc1ccc(C(=O)NNC(=O)c2cccs2)cc1. The van der Waals surface area contributed by atoms with Crippen LogP contribution in [0.3, 0.4) is 0 Å². The fourth-order valence-electron chi connectivity index (χ4n) is 1.58. The monoisotopic (exact) mass is 304 g/mol. The minimum atomic E-state index is -0.373. The van der Waals surface area contributed by atoms with Crippen LogP contribution in [0, 0.1) is 0 Å². The summed E-state index contributed by atoms with van der Waals surface area (Å²) in [7, 11) is 0. The summed E-state index contributed by atoms with van der Waals surface area (Å²) < 4.78 is 5.44. The Morgan fingerprint density at radius 1 is 1.10 bits per heavy atom. The molecule has 1 aromatic carbocycles. The number of amides is 2. The number of rotatable bonds is 5. The molecule has 2 rings (SSSR count). The molecule has 6 heteroatoms. The summed E-state index contributed by atoms with van der Waals surface area (Å²) in [6.07, 6.45) is 0.928. The van der Waals surface area contributed by atoms with Crippen molar-refractivity contribution in [3.63, 3.8) is 0 Å². The van der Waals surface area contributed by atoms with E-state index < -0.39 is 0 Å². The summed E-state index contributed by atoms with van der Waals surface area (Å²) in [6.45, 7) is 2.67. The van der Waals surface area contributed by atoms with Crippen molar-refractivity contribution in [3.05, 3.63) is 52.2 Å². The molecule has 0 radical (unpaired) electrons. The van der Waals surface area contributed by atoms with Crippen molar-refractivity contribution in [3.8, 4) is 5.75 Å². The van der Waals surface area contributed by atoms with Gasteiger partial charge in [0.15, 0.2) is 0 Å². The van der Waals surface area contributed by atoms with E-state index in [2.05, 4.69) is 10.9 Å². The minimum Gasteiger partial charge on any atom is -0.494 e. The van der Waals surface area contributed by atoms with Gasteiger partial charge in [0.05, 0.1) is 11.5 Å². The normalized spacial score (nSPS) is 9.95. The average molecular weight is 304 g/mol. The number of benzene rings is 1. The van der Waals surface area contributed by atoms with Crippen LogP contribution in [0.4, 0.5) is 0 Å².